The third-order valence-corrected chi connectivity index (χ3v) is 4.42. The van der Waals surface area contributed by atoms with Crippen LogP contribution in [0.4, 0.5) is 0 Å². The van der Waals surface area contributed by atoms with E-state index in [0.29, 0.717) is 0 Å². The molecule has 0 spiro atoms. The fraction of sp³-hybridized carbons (Fsp3) is 0.314. The SMILES string of the molecule is C.C/C=C\C(=C/C)c1cc(-c2ccccc2)cc(-c2ccc(C)cc2)c1.C=CC.CC.CC.CC. The molecule has 0 aliphatic heterocycles. The van der Waals surface area contributed by atoms with Crippen LogP contribution in [0.1, 0.15) is 80.9 Å². The number of hydrogen-bond acceptors (Lipinski definition) is 0. The number of benzene rings is 3. The molecule has 0 aliphatic rings. The average Bonchev–Trinajstić information content (AvgIpc) is 2.92. The van der Waals surface area contributed by atoms with Crippen LogP contribution in [0.5, 0.6) is 0 Å². The Morgan fingerprint density at radius 3 is 1.46 bits per heavy atom. The Hall–Kier alpha value is -3.12. The first-order valence-corrected chi connectivity index (χ1v) is 12.8. The summed E-state index contributed by atoms with van der Waals surface area (Å²) < 4.78 is 0. The van der Waals surface area contributed by atoms with Gasteiger partial charge in [-0.3, -0.25) is 0 Å². The van der Waals surface area contributed by atoms with Crippen molar-refractivity contribution < 1.29 is 0 Å². The zero-order valence-corrected chi connectivity index (χ0v) is 23.4. The predicted octanol–water partition coefficient (Wildman–Crippen LogP) is 12.2. The third-order valence-electron chi connectivity index (χ3n) is 4.42. The van der Waals surface area contributed by atoms with Gasteiger partial charge in [0.05, 0.1) is 0 Å². The van der Waals surface area contributed by atoms with Gasteiger partial charge in [0, 0.05) is 0 Å². The molecule has 0 unspecified atom stereocenters. The zero-order valence-electron chi connectivity index (χ0n) is 23.4. The molecule has 35 heavy (non-hydrogen) atoms. The van der Waals surface area contributed by atoms with E-state index >= 15 is 0 Å². The minimum absolute atomic E-state index is 0. The van der Waals surface area contributed by atoms with Crippen LogP contribution in [0.15, 0.2) is 104 Å². The maximum absolute atomic E-state index is 3.36. The first-order valence-electron chi connectivity index (χ1n) is 12.8. The highest BCUT2D eigenvalue weighted by Crippen LogP contribution is 2.31. The van der Waals surface area contributed by atoms with Gasteiger partial charge in [0.25, 0.3) is 0 Å². The van der Waals surface area contributed by atoms with Gasteiger partial charge in [-0.05, 0) is 79.3 Å². The monoisotopic (exact) mass is 472 g/mol. The van der Waals surface area contributed by atoms with E-state index < -0.39 is 0 Å². The molecule has 0 heterocycles. The van der Waals surface area contributed by atoms with Crippen LogP contribution in [0.2, 0.25) is 0 Å². The molecule has 3 rings (SSSR count). The molecule has 0 saturated heterocycles. The summed E-state index contributed by atoms with van der Waals surface area (Å²) in [5.74, 6) is 0. The largest absolute Gasteiger partial charge is 0.103 e. The van der Waals surface area contributed by atoms with Gasteiger partial charge in [0.15, 0.2) is 0 Å². The topological polar surface area (TPSA) is 0 Å². The summed E-state index contributed by atoms with van der Waals surface area (Å²) in [4.78, 5) is 0. The van der Waals surface area contributed by atoms with Crippen molar-refractivity contribution in [1.29, 1.82) is 0 Å². The zero-order chi connectivity index (χ0) is 26.4. The normalized spacial score (nSPS) is 9.37. The quantitative estimate of drug-likeness (QED) is 0.261. The van der Waals surface area contributed by atoms with Gasteiger partial charge in [0.1, 0.15) is 0 Å². The summed E-state index contributed by atoms with van der Waals surface area (Å²) in [6, 6.07) is 26.2. The Bertz CT molecular complexity index is 939. The first-order chi connectivity index (χ1) is 16.6. The van der Waals surface area contributed by atoms with E-state index in [1.165, 1.54) is 39.0 Å². The highest BCUT2D eigenvalue weighted by Gasteiger charge is 2.07. The molecule has 0 amide bonds. The van der Waals surface area contributed by atoms with E-state index in [-0.39, 0.29) is 7.43 Å². The maximum Gasteiger partial charge on any atom is -0.0172 e. The van der Waals surface area contributed by atoms with E-state index in [1.54, 1.807) is 6.08 Å². The second-order valence-corrected chi connectivity index (χ2v) is 6.68. The number of aryl methyl sites for hydroxylation is 1. The minimum Gasteiger partial charge on any atom is -0.103 e. The smallest absolute Gasteiger partial charge is 0.0172 e. The lowest BCUT2D eigenvalue weighted by Crippen LogP contribution is -1.88. The standard InChI is InChI=1S/C25H24.C3H6.3C2H6.CH4/c1-4-9-20(5-2)23-16-24(21-10-7-6-8-11-21)18-25(17-23)22-14-12-19(3)13-15-22;1-3-2;3*1-2;/h4-18H,1-3H3;3H,1H2,2H3;3*1-2H3;1H4/b9-4-,20-5+;;;;;. The van der Waals surface area contributed by atoms with Crippen LogP contribution in [-0.2, 0) is 0 Å². The van der Waals surface area contributed by atoms with E-state index in [2.05, 4.69) is 118 Å². The first kappa shape index (κ1) is 36.4. The molecule has 0 atom stereocenters. The fourth-order valence-electron chi connectivity index (χ4n) is 3.04. The van der Waals surface area contributed by atoms with Crippen LogP contribution in [0.3, 0.4) is 0 Å². The molecular formula is C35H52. The molecule has 192 valence electrons. The van der Waals surface area contributed by atoms with E-state index in [0.717, 1.165) is 0 Å². The summed E-state index contributed by atoms with van der Waals surface area (Å²) in [5, 5.41) is 0. The molecule has 3 aromatic carbocycles. The van der Waals surface area contributed by atoms with Gasteiger partial charge in [-0.15, -0.1) is 6.58 Å². The van der Waals surface area contributed by atoms with Crippen molar-refractivity contribution in [3.05, 3.63) is 115 Å². The van der Waals surface area contributed by atoms with E-state index in [1.807, 2.05) is 48.5 Å². The second-order valence-electron chi connectivity index (χ2n) is 6.68. The van der Waals surface area contributed by atoms with Gasteiger partial charge in [-0.25, -0.2) is 0 Å². The Kier molecular flexibility index (Phi) is 25.0. The van der Waals surface area contributed by atoms with E-state index in [9.17, 15) is 0 Å². The molecule has 0 heteroatoms. The van der Waals surface area contributed by atoms with Crippen LogP contribution < -0.4 is 0 Å². The third kappa shape index (κ3) is 13.4. The van der Waals surface area contributed by atoms with Gasteiger partial charge in [-0.1, -0.05) is 133 Å². The second kappa shape index (κ2) is 24.0. The van der Waals surface area contributed by atoms with Crippen LogP contribution in [-0.4, -0.2) is 0 Å². The van der Waals surface area contributed by atoms with Crippen LogP contribution >= 0.6 is 0 Å². The van der Waals surface area contributed by atoms with Crippen molar-refractivity contribution in [2.24, 2.45) is 0 Å². The lowest BCUT2D eigenvalue weighted by Gasteiger charge is -2.12. The summed E-state index contributed by atoms with van der Waals surface area (Å²) in [7, 11) is 0. The van der Waals surface area contributed by atoms with Crippen molar-refractivity contribution in [2.75, 3.05) is 0 Å². The molecule has 0 nitrogen and oxygen atoms in total. The number of allylic oxidation sites excluding steroid dienone is 5. The van der Waals surface area contributed by atoms with Crippen LogP contribution in [0, 0.1) is 6.92 Å². The highest BCUT2D eigenvalue weighted by molar-refractivity contribution is 5.83. The van der Waals surface area contributed by atoms with Gasteiger partial charge < -0.3 is 0 Å². The van der Waals surface area contributed by atoms with Crippen molar-refractivity contribution in [3.63, 3.8) is 0 Å². The summed E-state index contributed by atoms with van der Waals surface area (Å²) in [6.07, 6.45) is 8.18. The Morgan fingerprint density at radius 1 is 0.629 bits per heavy atom. The summed E-state index contributed by atoms with van der Waals surface area (Å²) in [6.45, 7) is 23.5. The van der Waals surface area contributed by atoms with E-state index in [4.69, 9.17) is 0 Å². The molecule has 0 aliphatic carbocycles. The Balaban J connectivity index is -0.000000913. The maximum atomic E-state index is 3.36. The van der Waals surface area contributed by atoms with Crippen molar-refractivity contribution in [1.82, 2.24) is 0 Å². The number of hydrogen-bond donors (Lipinski definition) is 0. The van der Waals surface area contributed by atoms with Gasteiger partial charge >= 0.3 is 0 Å². The molecule has 3 aromatic rings. The van der Waals surface area contributed by atoms with Crippen molar-refractivity contribution >= 4 is 5.57 Å². The molecule has 0 N–H and O–H groups in total. The van der Waals surface area contributed by atoms with Gasteiger partial charge in [0.2, 0.25) is 0 Å². The molecule has 0 saturated carbocycles. The molecular weight excluding hydrogens is 420 g/mol. The predicted molar refractivity (Wildman–Crippen MR) is 167 cm³/mol. The van der Waals surface area contributed by atoms with Crippen molar-refractivity contribution in [3.8, 4) is 22.3 Å². The Morgan fingerprint density at radius 2 is 1.06 bits per heavy atom. The molecule has 0 radical (unpaired) electrons. The summed E-state index contributed by atoms with van der Waals surface area (Å²) in [5.41, 5.74) is 8.77. The molecule has 0 fully saturated rings. The number of rotatable bonds is 4. The highest BCUT2D eigenvalue weighted by atomic mass is 14.1. The molecule has 0 bridgehead atoms. The lowest BCUT2D eigenvalue weighted by molar-refractivity contribution is 1.46. The fourth-order valence-corrected chi connectivity index (χ4v) is 3.04. The minimum atomic E-state index is 0. The lowest BCUT2D eigenvalue weighted by atomic mass is 9.93. The average molecular weight is 473 g/mol. The Labute approximate surface area is 219 Å². The summed E-state index contributed by atoms with van der Waals surface area (Å²) >= 11 is 0. The molecule has 0 aromatic heterocycles. The van der Waals surface area contributed by atoms with Crippen LogP contribution in [0.25, 0.3) is 27.8 Å². The van der Waals surface area contributed by atoms with Gasteiger partial charge in [-0.2, -0.15) is 0 Å². The van der Waals surface area contributed by atoms with Crippen molar-refractivity contribution in [2.45, 2.75) is 76.7 Å².